The van der Waals surface area contributed by atoms with Gasteiger partial charge in [-0.3, -0.25) is 9.59 Å². The number of carbonyl (C=O) groups excluding carboxylic acids is 1. The Labute approximate surface area is 171 Å². The predicted octanol–water partition coefficient (Wildman–Crippen LogP) is 2.64. The number of pyridine rings is 1. The van der Waals surface area contributed by atoms with Gasteiger partial charge in [-0.25, -0.2) is 9.97 Å². The standard InChI is InChI=1S/C22H19N5O3/c28-21-15(19-23-7-8-24-19)5-6-17-14-9-13(11-27(17)21)10-26(12-14)22(29)20-25-16-3-1-2-4-18(16)30-20/h1-8,13-14H,9-12H2,(H,23,24)/t13-,14+/m0/s1. The van der Waals surface area contributed by atoms with E-state index in [4.69, 9.17) is 4.42 Å². The smallest absolute Gasteiger partial charge is 0.309 e. The Morgan fingerprint density at radius 3 is 2.87 bits per heavy atom. The number of piperidine rings is 1. The maximum Gasteiger partial charge on any atom is 0.309 e. The second-order valence-electron chi connectivity index (χ2n) is 8.02. The zero-order valence-electron chi connectivity index (χ0n) is 16.1. The zero-order chi connectivity index (χ0) is 20.2. The Balaban J connectivity index is 1.32. The number of carbonyl (C=O) groups is 1. The Morgan fingerprint density at radius 2 is 2.03 bits per heavy atom. The average molecular weight is 401 g/mol. The van der Waals surface area contributed by atoms with E-state index < -0.39 is 0 Å². The summed E-state index contributed by atoms with van der Waals surface area (Å²) < 4.78 is 7.54. The molecule has 8 nitrogen and oxygen atoms in total. The number of amides is 1. The van der Waals surface area contributed by atoms with Crippen molar-refractivity contribution in [2.24, 2.45) is 5.92 Å². The van der Waals surface area contributed by atoms with Crippen molar-refractivity contribution >= 4 is 17.0 Å². The van der Waals surface area contributed by atoms with Crippen LogP contribution in [0.5, 0.6) is 0 Å². The number of para-hydroxylation sites is 2. The number of aromatic nitrogens is 4. The topological polar surface area (TPSA) is 97.0 Å². The quantitative estimate of drug-likeness (QED) is 0.557. The molecule has 2 aliphatic heterocycles. The van der Waals surface area contributed by atoms with Gasteiger partial charge in [0.15, 0.2) is 5.58 Å². The molecule has 1 N–H and O–H groups in total. The van der Waals surface area contributed by atoms with E-state index in [-0.39, 0.29) is 29.2 Å². The van der Waals surface area contributed by atoms with Crippen molar-refractivity contribution < 1.29 is 9.21 Å². The van der Waals surface area contributed by atoms with E-state index in [0.717, 1.165) is 12.1 Å². The molecule has 150 valence electrons. The van der Waals surface area contributed by atoms with Gasteiger partial charge < -0.3 is 18.9 Å². The van der Waals surface area contributed by atoms with E-state index >= 15 is 0 Å². The fraction of sp³-hybridized carbons (Fsp3) is 0.273. The highest BCUT2D eigenvalue weighted by Gasteiger charge is 2.38. The third-order valence-electron chi connectivity index (χ3n) is 6.12. The summed E-state index contributed by atoms with van der Waals surface area (Å²) in [6.07, 6.45) is 4.32. The Kier molecular flexibility index (Phi) is 3.68. The third kappa shape index (κ3) is 2.60. The third-order valence-corrected chi connectivity index (χ3v) is 6.12. The maximum absolute atomic E-state index is 13.1. The summed E-state index contributed by atoms with van der Waals surface area (Å²) in [5.74, 6) is 0.850. The summed E-state index contributed by atoms with van der Waals surface area (Å²) >= 11 is 0. The average Bonchev–Trinajstić information content (AvgIpc) is 3.44. The molecule has 0 spiro atoms. The van der Waals surface area contributed by atoms with Crippen molar-refractivity contribution in [3.8, 4) is 11.4 Å². The fourth-order valence-corrected chi connectivity index (χ4v) is 4.80. The molecule has 2 bridgehead atoms. The van der Waals surface area contributed by atoms with E-state index in [2.05, 4.69) is 15.0 Å². The van der Waals surface area contributed by atoms with Gasteiger partial charge in [0.1, 0.15) is 11.3 Å². The van der Waals surface area contributed by atoms with Crippen LogP contribution in [0.4, 0.5) is 0 Å². The molecule has 0 unspecified atom stereocenters. The molecule has 5 heterocycles. The molecule has 1 fully saturated rings. The minimum atomic E-state index is -0.191. The van der Waals surface area contributed by atoms with Crippen LogP contribution >= 0.6 is 0 Å². The van der Waals surface area contributed by atoms with Crippen LogP contribution in [0, 0.1) is 5.92 Å². The number of benzene rings is 1. The first kappa shape index (κ1) is 17.2. The number of imidazole rings is 1. The molecule has 3 aromatic heterocycles. The van der Waals surface area contributed by atoms with Gasteiger partial charge >= 0.3 is 5.91 Å². The highest BCUT2D eigenvalue weighted by atomic mass is 16.4. The van der Waals surface area contributed by atoms with Crippen molar-refractivity contribution in [1.29, 1.82) is 0 Å². The van der Waals surface area contributed by atoms with E-state index in [0.29, 0.717) is 42.1 Å². The molecule has 1 amide bonds. The van der Waals surface area contributed by atoms with Gasteiger partial charge in [-0.2, -0.15) is 0 Å². The van der Waals surface area contributed by atoms with Crippen molar-refractivity contribution in [3.63, 3.8) is 0 Å². The number of hydrogen-bond donors (Lipinski definition) is 1. The lowest BCUT2D eigenvalue weighted by molar-refractivity contribution is 0.0558. The molecular weight excluding hydrogens is 382 g/mol. The number of hydrogen-bond acceptors (Lipinski definition) is 5. The van der Waals surface area contributed by atoms with Gasteiger partial charge in [0.25, 0.3) is 11.4 Å². The van der Waals surface area contributed by atoms with Gasteiger partial charge in [0, 0.05) is 43.6 Å². The summed E-state index contributed by atoms with van der Waals surface area (Å²) in [6.45, 7) is 1.73. The van der Waals surface area contributed by atoms with Crippen LogP contribution < -0.4 is 5.56 Å². The number of oxazole rings is 1. The number of likely N-dealkylation sites (tertiary alicyclic amines) is 1. The zero-order valence-corrected chi connectivity index (χ0v) is 16.1. The van der Waals surface area contributed by atoms with Crippen LogP contribution in [0.1, 0.15) is 28.7 Å². The van der Waals surface area contributed by atoms with E-state index in [1.54, 1.807) is 12.4 Å². The Hall–Kier alpha value is -3.68. The minimum absolute atomic E-state index is 0.0316. The molecule has 0 radical (unpaired) electrons. The molecule has 2 aliphatic rings. The van der Waals surface area contributed by atoms with Gasteiger partial charge in [0.2, 0.25) is 0 Å². The molecule has 1 saturated heterocycles. The lowest BCUT2D eigenvalue weighted by Crippen LogP contribution is -2.49. The molecule has 0 aliphatic carbocycles. The second-order valence-corrected chi connectivity index (χ2v) is 8.02. The summed E-state index contributed by atoms with van der Waals surface area (Å²) in [4.78, 5) is 39.6. The minimum Gasteiger partial charge on any atom is -0.432 e. The highest BCUT2D eigenvalue weighted by Crippen LogP contribution is 2.36. The number of rotatable bonds is 2. The fourth-order valence-electron chi connectivity index (χ4n) is 4.80. The maximum atomic E-state index is 13.1. The van der Waals surface area contributed by atoms with Gasteiger partial charge in [-0.15, -0.1) is 0 Å². The van der Waals surface area contributed by atoms with E-state index in [9.17, 15) is 9.59 Å². The predicted molar refractivity (Wildman–Crippen MR) is 109 cm³/mol. The van der Waals surface area contributed by atoms with Crippen molar-refractivity contribution in [3.05, 3.63) is 70.7 Å². The van der Waals surface area contributed by atoms with Crippen molar-refractivity contribution in [2.75, 3.05) is 13.1 Å². The number of aromatic amines is 1. The largest absolute Gasteiger partial charge is 0.432 e. The number of nitrogens with zero attached hydrogens (tertiary/aromatic N) is 4. The Bertz CT molecular complexity index is 1290. The van der Waals surface area contributed by atoms with E-state index in [1.165, 1.54) is 0 Å². The summed E-state index contributed by atoms with van der Waals surface area (Å²) in [6, 6.07) is 11.2. The molecular formula is C22H19N5O3. The molecule has 4 aromatic rings. The first-order valence-electron chi connectivity index (χ1n) is 10.1. The first-order chi connectivity index (χ1) is 14.7. The summed E-state index contributed by atoms with van der Waals surface area (Å²) in [5.41, 5.74) is 2.81. The van der Waals surface area contributed by atoms with Crippen LogP contribution in [0.2, 0.25) is 0 Å². The van der Waals surface area contributed by atoms with Gasteiger partial charge in [-0.05, 0) is 36.6 Å². The monoisotopic (exact) mass is 401 g/mol. The number of H-pyrrole nitrogens is 1. The molecule has 8 heteroatoms. The SMILES string of the molecule is O=C(c1nc2ccccc2o1)N1C[C@@H]2C[C@H](C1)c1ccc(-c3ncc[nH]3)c(=O)n1C2. The van der Waals surface area contributed by atoms with Gasteiger partial charge in [0.05, 0.1) is 5.56 Å². The van der Waals surface area contributed by atoms with Gasteiger partial charge in [-0.1, -0.05) is 12.1 Å². The highest BCUT2D eigenvalue weighted by molar-refractivity contribution is 5.92. The summed E-state index contributed by atoms with van der Waals surface area (Å²) in [5, 5.41) is 0. The van der Waals surface area contributed by atoms with E-state index in [1.807, 2.05) is 45.9 Å². The second kappa shape index (κ2) is 6.41. The normalized spacial score (nSPS) is 20.3. The molecule has 0 saturated carbocycles. The van der Waals surface area contributed by atoms with Crippen LogP contribution in [0.15, 0.2) is 58.0 Å². The first-order valence-corrected chi connectivity index (χ1v) is 10.1. The summed E-state index contributed by atoms with van der Waals surface area (Å²) in [7, 11) is 0. The lowest BCUT2D eigenvalue weighted by atomic mass is 9.83. The lowest BCUT2D eigenvalue weighted by Gasteiger charge is -2.42. The van der Waals surface area contributed by atoms with Crippen LogP contribution in [0.25, 0.3) is 22.5 Å². The number of fused-ring (bicyclic) bond motifs is 5. The Morgan fingerprint density at radius 1 is 1.13 bits per heavy atom. The molecule has 6 rings (SSSR count). The molecule has 2 atom stereocenters. The number of nitrogens with one attached hydrogen (secondary N) is 1. The van der Waals surface area contributed by atoms with Crippen LogP contribution in [-0.2, 0) is 6.54 Å². The van der Waals surface area contributed by atoms with Crippen LogP contribution in [0.3, 0.4) is 0 Å². The molecule has 1 aromatic carbocycles. The van der Waals surface area contributed by atoms with Crippen LogP contribution in [-0.4, -0.2) is 43.4 Å². The van der Waals surface area contributed by atoms with Crippen molar-refractivity contribution in [1.82, 2.24) is 24.4 Å². The van der Waals surface area contributed by atoms with Crippen molar-refractivity contribution in [2.45, 2.75) is 18.9 Å². The molecule has 30 heavy (non-hydrogen) atoms.